The predicted octanol–water partition coefficient (Wildman–Crippen LogP) is 3.35. The van der Waals surface area contributed by atoms with Crippen molar-refractivity contribution in [1.29, 1.82) is 0 Å². The van der Waals surface area contributed by atoms with Crippen LogP contribution in [0.15, 0.2) is 79.4 Å². The fourth-order valence-electron chi connectivity index (χ4n) is 3.17. The quantitative estimate of drug-likeness (QED) is 0.697. The van der Waals surface area contributed by atoms with Crippen LogP contribution in [0.4, 0.5) is 5.69 Å². The lowest BCUT2D eigenvalue weighted by atomic mass is 9.77. The number of anilines is 1. The highest BCUT2D eigenvalue weighted by molar-refractivity contribution is 6.06. The van der Waals surface area contributed by atoms with Gasteiger partial charge in [0.15, 0.2) is 0 Å². The standard InChI is InChI=1S/C19H15N3O/c23-19-17(14-4-2-1-3-5-14)18(15-6-10-20-11-7-15)22(19)16-8-12-21-13-9-16/h1-13,17-18H/t17-,18-/m1/s1. The normalized spacial score (nSPS) is 20.2. The summed E-state index contributed by atoms with van der Waals surface area (Å²) < 4.78 is 0. The molecule has 3 heterocycles. The molecule has 4 nitrogen and oxygen atoms in total. The maximum absolute atomic E-state index is 12.8. The molecule has 1 aromatic carbocycles. The van der Waals surface area contributed by atoms with Crippen molar-refractivity contribution >= 4 is 11.6 Å². The van der Waals surface area contributed by atoms with Gasteiger partial charge in [-0.05, 0) is 35.4 Å². The molecular formula is C19H15N3O. The van der Waals surface area contributed by atoms with Crippen LogP contribution in [0.25, 0.3) is 0 Å². The summed E-state index contributed by atoms with van der Waals surface area (Å²) in [5.74, 6) is -0.0454. The number of carbonyl (C=O) groups is 1. The first-order chi connectivity index (χ1) is 11.4. The van der Waals surface area contributed by atoms with Crippen molar-refractivity contribution < 1.29 is 4.79 Å². The highest BCUT2D eigenvalue weighted by Crippen LogP contribution is 2.48. The van der Waals surface area contributed by atoms with Gasteiger partial charge in [0.05, 0.1) is 12.0 Å². The molecule has 1 fully saturated rings. The van der Waals surface area contributed by atoms with E-state index in [1.807, 2.05) is 59.5 Å². The van der Waals surface area contributed by atoms with Crippen LogP contribution < -0.4 is 4.90 Å². The van der Waals surface area contributed by atoms with Gasteiger partial charge in [0.1, 0.15) is 0 Å². The molecule has 1 saturated heterocycles. The zero-order valence-electron chi connectivity index (χ0n) is 12.4. The van der Waals surface area contributed by atoms with E-state index in [2.05, 4.69) is 9.97 Å². The Bertz CT molecular complexity index is 756. The van der Waals surface area contributed by atoms with Crippen molar-refractivity contribution in [3.8, 4) is 0 Å². The molecule has 0 aliphatic carbocycles. The van der Waals surface area contributed by atoms with Crippen molar-refractivity contribution in [2.24, 2.45) is 0 Å². The molecule has 1 amide bonds. The van der Waals surface area contributed by atoms with Crippen LogP contribution in [0.3, 0.4) is 0 Å². The minimum Gasteiger partial charge on any atom is -0.303 e. The number of nitrogens with zero attached hydrogens (tertiary/aromatic N) is 3. The second-order valence-electron chi connectivity index (χ2n) is 5.53. The molecule has 0 bridgehead atoms. The second kappa shape index (κ2) is 5.65. The minimum absolute atomic E-state index is 0.0182. The van der Waals surface area contributed by atoms with Crippen LogP contribution in [0.2, 0.25) is 0 Å². The predicted molar refractivity (Wildman–Crippen MR) is 87.9 cm³/mol. The van der Waals surface area contributed by atoms with Crippen molar-refractivity contribution in [3.63, 3.8) is 0 Å². The summed E-state index contributed by atoms with van der Waals surface area (Å²) in [7, 11) is 0. The Hall–Kier alpha value is -3.01. The Balaban J connectivity index is 1.78. The summed E-state index contributed by atoms with van der Waals surface area (Å²) >= 11 is 0. The maximum Gasteiger partial charge on any atom is 0.237 e. The Morgan fingerprint density at radius 2 is 1.35 bits per heavy atom. The minimum atomic E-state index is -0.160. The molecule has 1 aliphatic heterocycles. The lowest BCUT2D eigenvalue weighted by molar-refractivity contribution is -0.126. The first kappa shape index (κ1) is 13.6. The molecule has 112 valence electrons. The van der Waals surface area contributed by atoms with Gasteiger partial charge < -0.3 is 4.90 Å². The van der Waals surface area contributed by atoms with Crippen molar-refractivity contribution in [2.45, 2.75) is 12.0 Å². The molecule has 2 aromatic heterocycles. The summed E-state index contributed by atoms with van der Waals surface area (Å²) in [6, 6.07) is 17.6. The number of amides is 1. The summed E-state index contributed by atoms with van der Waals surface area (Å²) in [6.07, 6.45) is 6.96. The van der Waals surface area contributed by atoms with Gasteiger partial charge in [0.25, 0.3) is 0 Å². The molecular weight excluding hydrogens is 286 g/mol. The fraction of sp³-hybridized carbons (Fsp3) is 0.105. The molecule has 3 aromatic rings. The van der Waals surface area contributed by atoms with E-state index in [1.165, 1.54) is 0 Å². The summed E-state index contributed by atoms with van der Waals surface area (Å²) in [6.45, 7) is 0. The third-order valence-corrected chi connectivity index (χ3v) is 4.24. The topological polar surface area (TPSA) is 46.1 Å². The first-order valence-electron chi connectivity index (χ1n) is 7.54. The van der Waals surface area contributed by atoms with Crippen LogP contribution in [-0.2, 0) is 4.79 Å². The molecule has 2 atom stereocenters. The van der Waals surface area contributed by atoms with Crippen LogP contribution >= 0.6 is 0 Å². The summed E-state index contributed by atoms with van der Waals surface area (Å²) in [5.41, 5.74) is 3.01. The van der Waals surface area contributed by atoms with E-state index in [1.54, 1.807) is 24.8 Å². The SMILES string of the molecule is O=C1[C@H](c2ccccc2)[C@@H](c2ccncc2)N1c1ccncc1. The maximum atomic E-state index is 12.8. The van der Waals surface area contributed by atoms with Crippen molar-refractivity contribution in [2.75, 3.05) is 4.90 Å². The third-order valence-electron chi connectivity index (χ3n) is 4.24. The zero-order valence-corrected chi connectivity index (χ0v) is 12.4. The van der Waals surface area contributed by atoms with E-state index < -0.39 is 0 Å². The number of rotatable bonds is 3. The van der Waals surface area contributed by atoms with Crippen LogP contribution in [0, 0.1) is 0 Å². The molecule has 4 rings (SSSR count). The molecule has 0 N–H and O–H groups in total. The number of benzene rings is 1. The highest BCUT2D eigenvalue weighted by atomic mass is 16.2. The lowest BCUT2D eigenvalue weighted by Gasteiger charge is -2.47. The Morgan fingerprint density at radius 3 is 2.00 bits per heavy atom. The van der Waals surface area contributed by atoms with Crippen LogP contribution in [-0.4, -0.2) is 15.9 Å². The van der Waals surface area contributed by atoms with Gasteiger partial charge >= 0.3 is 0 Å². The molecule has 0 saturated carbocycles. The summed E-state index contributed by atoms with van der Waals surface area (Å²) in [4.78, 5) is 22.8. The number of hydrogen-bond donors (Lipinski definition) is 0. The number of aromatic nitrogens is 2. The van der Waals surface area contributed by atoms with Gasteiger partial charge in [-0.1, -0.05) is 30.3 Å². The monoisotopic (exact) mass is 301 g/mol. The average molecular weight is 301 g/mol. The number of hydrogen-bond acceptors (Lipinski definition) is 3. The van der Waals surface area contributed by atoms with E-state index in [9.17, 15) is 4.79 Å². The van der Waals surface area contributed by atoms with Crippen molar-refractivity contribution in [3.05, 3.63) is 90.5 Å². The van der Waals surface area contributed by atoms with E-state index in [-0.39, 0.29) is 17.9 Å². The average Bonchev–Trinajstić information content (AvgIpc) is 2.62. The van der Waals surface area contributed by atoms with Crippen LogP contribution in [0.5, 0.6) is 0 Å². The number of carbonyl (C=O) groups excluding carboxylic acids is 1. The first-order valence-corrected chi connectivity index (χ1v) is 7.54. The number of β-lactam (4-membered cyclic amide) rings is 1. The molecule has 23 heavy (non-hydrogen) atoms. The Morgan fingerprint density at radius 1 is 0.739 bits per heavy atom. The smallest absolute Gasteiger partial charge is 0.237 e. The van der Waals surface area contributed by atoms with Crippen LogP contribution in [0.1, 0.15) is 23.1 Å². The van der Waals surface area contributed by atoms with Gasteiger partial charge in [-0.2, -0.15) is 0 Å². The second-order valence-corrected chi connectivity index (χ2v) is 5.53. The number of pyridine rings is 2. The Kier molecular flexibility index (Phi) is 3.35. The summed E-state index contributed by atoms with van der Waals surface area (Å²) in [5, 5.41) is 0. The van der Waals surface area contributed by atoms with E-state index in [0.29, 0.717) is 0 Å². The molecule has 0 spiro atoms. The third kappa shape index (κ3) is 2.28. The fourth-order valence-corrected chi connectivity index (χ4v) is 3.17. The van der Waals surface area contributed by atoms with Gasteiger partial charge in [-0.3, -0.25) is 14.8 Å². The van der Waals surface area contributed by atoms with Crippen molar-refractivity contribution in [1.82, 2.24) is 9.97 Å². The zero-order chi connectivity index (χ0) is 15.6. The molecule has 4 heteroatoms. The largest absolute Gasteiger partial charge is 0.303 e. The molecule has 0 unspecified atom stereocenters. The van der Waals surface area contributed by atoms with Gasteiger partial charge in [-0.15, -0.1) is 0 Å². The van der Waals surface area contributed by atoms with E-state index in [4.69, 9.17) is 0 Å². The van der Waals surface area contributed by atoms with E-state index >= 15 is 0 Å². The van der Waals surface area contributed by atoms with E-state index in [0.717, 1.165) is 16.8 Å². The lowest BCUT2D eigenvalue weighted by Crippen LogP contribution is -2.53. The molecule has 1 aliphatic rings. The highest BCUT2D eigenvalue weighted by Gasteiger charge is 2.49. The Labute approximate surface area is 134 Å². The molecule has 0 radical (unpaired) electrons. The van der Waals surface area contributed by atoms with Gasteiger partial charge in [0, 0.05) is 30.5 Å². The van der Waals surface area contributed by atoms with Gasteiger partial charge in [0.2, 0.25) is 5.91 Å². The van der Waals surface area contributed by atoms with Gasteiger partial charge in [-0.25, -0.2) is 0 Å².